The van der Waals surface area contributed by atoms with Crippen LogP contribution in [-0.4, -0.2) is 57.3 Å². The van der Waals surface area contributed by atoms with E-state index in [9.17, 15) is 18.0 Å². The molecule has 29 heavy (non-hydrogen) atoms. The maximum absolute atomic E-state index is 12.6. The second kappa shape index (κ2) is 9.17. The van der Waals surface area contributed by atoms with Crippen molar-refractivity contribution >= 4 is 33.1 Å². The number of morpholine rings is 1. The molecule has 1 saturated heterocycles. The van der Waals surface area contributed by atoms with E-state index >= 15 is 0 Å². The van der Waals surface area contributed by atoms with Crippen LogP contribution in [0.3, 0.4) is 0 Å². The Hall–Kier alpha value is -2.75. The average Bonchev–Trinajstić information content (AvgIpc) is 2.73. The second-order valence-corrected chi connectivity index (χ2v) is 8.48. The highest BCUT2D eigenvalue weighted by Crippen LogP contribution is 2.20. The van der Waals surface area contributed by atoms with Crippen molar-refractivity contribution < 1.29 is 22.7 Å². The number of para-hydroxylation sites is 1. The number of nitrogens with zero attached hydrogens (tertiary/aromatic N) is 1. The van der Waals surface area contributed by atoms with Gasteiger partial charge in [-0.25, -0.2) is 8.42 Å². The van der Waals surface area contributed by atoms with Crippen molar-refractivity contribution in [3.63, 3.8) is 0 Å². The first kappa shape index (κ1) is 21.0. The van der Waals surface area contributed by atoms with Gasteiger partial charge in [-0.1, -0.05) is 12.1 Å². The van der Waals surface area contributed by atoms with Crippen molar-refractivity contribution in [2.24, 2.45) is 0 Å². The van der Waals surface area contributed by atoms with Gasteiger partial charge in [0.25, 0.3) is 0 Å². The number of rotatable bonds is 7. The van der Waals surface area contributed by atoms with Crippen LogP contribution in [0.5, 0.6) is 0 Å². The van der Waals surface area contributed by atoms with Crippen molar-refractivity contribution in [2.45, 2.75) is 11.8 Å². The van der Waals surface area contributed by atoms with Gasteiger partial charge < -0.3 is 15.4 Å². The quantitative estimate of drug-likeness (QED) is 0.668. The minimum absolute atomic E-state index is 0.0260. The summed E-state index contributed by atoms with van der Waals surface area (Å²) in [6.45, 7) is 2.87. The predicted octanol–water partition coefficient (Wildman–Crippen LogP) is 1.96. The van der Waals surface area contributed by atoms with Crippen LogP contribution < -0.4 is 10.6 Å². The molecule has 154 valence electrons. The molecule has 0 saturated carbocycles. The number of anilines is 2. The largest absolute Gasteiger partial charge is 0.379 e. The van der Waals surface area contributed by atoms with Gasteiger partial charge in [-0.15, -0.1) is 0 Å². The highest BCUT2D eigenvalue weighted by atomic mass is 32.2. The summed E-state index contributed by atoms with van der Waals surface area (Å²) < 4.78 is 31.8. The van der Waals surface area contributed by atoms with Crippen molar-refractivity contribution in [2.75, 3.05) is 43.5 Å². The smallest absolute Gasteiger partial charge is 0.243 e. The lowest BCUT2D eigenvalue weighted by Gasteiger charge is -2.26. The first-order chi connectivity index (χ1) is 13.9. The molecule has 1 amide bonds. The molecular weight excluding hydrogens is 394 g/mol. The Kier molecular flexibility index (Phi) is 6.63. The third-order valence-corrected chi connectivity index (χ3v) is 6.41. The predicted molar refractivity (Wildman–Crippen MR) is 110 cm³/mol. The van der Waals surface area contributed by atoms with E-state index in [4.69, 9.17) is 4.74 Å². The summed E-state index contributed by atoms with van der Waals surface area (Å²) in [5, 5.41) is 5.65. The summed E-state index contributed by atoms with van der Waals surface area (Å²) >= 11 is 0. The molecule has 2 aromatic rings. The Morgan fingerprint density at radius 1 is 1.03 bits per heavy atom. The molecule has 0 spiro atoms. The molecular formula is C20H23N3O5S. The van der Waals surface area contributed by atoms with Crippen molar-refractivity contribution in [1.29, 1.82) is 0 Å². The van der Waals surface area contributed by atoms with Crippen LogP contribution in [0.1, 0.15) is 17.3 Å². The van der Waals surface area contributed by atoms with E-state index in [0.717, 1.165) is 0 Å². The number of nitrogens with one attached hydrogen (secondary N) is 2. The lowest BCUT2D eigenvalue weighted by Crippen LogP contribution is -2.40. The molecule has 9 heteroatoms. The molecule has 1 heterocycles. The van der Waals surface area contributed by atoms with Gasteiger partial charge in [0.1, 0.15) is 0 Å². The zero-order chi connectivity index (χ0) is 20.9. The van der Waals surface area contributed by atoms with E-state index in [0.29, 0.717) is 43.2 Å². The molecule has 0 bridgehead atoms. The molecule has 0 aliphatic carbocycles. The molecule has 2 aromatic carbocycles. The van der Waals surface area contributed by atoms with Gasteiger partial charge in [0, 0.05) is 24.3 Å². The topological polar surface area (TPSA) is 105 Å². The van der Waals surface area contributed by atoms with Crippen LogP contribution in [-0.2, 0) is 19.6 Å². The Morgan fingerprint density at radius 3 is 2.34 bits per heavy atom. The molecule has 1 aliphatic heterocycles. The number of hydrogen-bond acceptors (Lipinski definition) is 6. The number of Topliss-reactive ketones (excluding diaryl/α,β-unsaturated/α-hetero) is 1. The van der Waals surface area contributed by atoms with Crippen LogP contribution in [0.25, 0.3) is 0 Å². The van der Waals surface area contributed by atoms with Gasteiger partial charge in [0.15, 0.2) is 5.78 Å². The van der Waals surface area contributed by atoms with E-state index in [-0.39, 0.29) is 23.1 Å². The Morgan fingerprint density at radius 2 is 1.69 bits per heavy atom. The molecule has 1 aliphatic rings. The van der Waals surface area contributed by atoms with Crippen molar-refractivity contribution in [1.82, 2.24) is 4.31 Å². The standard InChI is InChI=1S/C20H23N3O5S/c1-15(24)18-4-2-3-5-19(18)22-20(25)14-21-16-6-8-17(9-7-16)29(26,27)23-10-12-28-13-11-23/h2-9,21H,10-14H2,1H3,(H,22,25). The van der Waals surface area contributed by atoms with Gasteiger partial charge in [-0.3, -0.25) is 9.59 Å². The highest BCUT2D eigenvalue weighted by Gasteiger charge is 2.26. The fourth-order valence-electron chi connectivity index (χ4n) is 2.96. The number of carbonyl (C=O) groups is 2. The first-order valence-electron chi connectivity index (χ1n) is 9.19. The number of amides is 1. The van der Waals surface area contributed by atoms with Crippen LogP contribution in [0, 0.1) is 0 Å². The third-order valence-electron chi connectivity index (χ3n) is 4.50. The summed E-state index contributed by atoms with van der Waals surface area (Å²) in [7, 11) is -3.55. The summed E-state index contributed by atoms with van der Waals surface area (Å²) in [6, 6.07) is 13.0. The summed E-state index contributed by atoms with van der Waals surface area (Å²) in [4.78, 5) is 24.0. The minimum atomic E-state index is -3.55. The van der Waals surface area contributed by atoms with E-state index in [2.05, 4.69) is 10.6 Å². The maximum atomic E-state index is 12.6. The van der Waals surface area contributed by atoms with Gasteiger partial charge in [0.05, 0.1) is 30.3 Å². The number of hydrogen-bond donors (Lipinski definition) is 2. The Balaban J connectivity index is 1.59. The number of sulfonamides is 1. The first-order valence-corrected chi connectivity index (χ1v) is 10.6. The molecule has 2 N–H and O–H groups in total. The molecule has 0 atom stereocenters. The zero-order valence-corrected chi connectivity index (χ0v) is 16.9. The van der Waals surface area contributed by atoms with Crippen molar-refractivity contribution in [3.05, 3.63) is 54.1 Å². The van der Waals surface area contributed by atoms with Gasteiger partial charge in [-0.2, -0.15) is 4.31 Å². The molecule has 0 unspecified atom stereocenters. The normalized spacial score (nSPS) is 14.9. The Bertz CT molecular complexity index is 983. The second-order valence-electron chi connectivity index (χ2n) is 6.54. The summed E-state index contributed by atoms with van der Waals surface area (Å²) in [6.07, 6.45) is 0. The molecule has 1 fully saturated rings. The van der Waals surface area contributed by atoms with Gasteiger partial charge in [-0.05, 0) is 43.3 Å². The molecule has 8 nitrogen and oxygen atoms in total. The number of benzene rings is 2. The molecule has 0 radical (unpaired) electrons. The van der Waals surface area contributed by atoms with Crippen LogP contribution >= 0.6 is 0 Å². The van der Waals surface area contributed by atoms with Gasteiger partial charge in [0.2, 0.25) is 15.9 Å². The number of ether oxygens (including phenoxy) is 1. The van der Waals surface area contributed by atoms with Gasteiger partial charge >= 0.3 is 0 Å². The van der Waals surface area contributed by atoms with E-state index in [1.54, 1.807) is 36.4 Å². The Labute approximate surface area is 169 Å². The van der Waals surface area contributed by atoms with E-state index in [1.807, 2.05) is 0 Å². The summed E-state index contributed by atoms with van der Waals surface area (Å²) in [5.74, 6) is -0.449. The summed E-state index contributed by atoms with van der Waals surface area (Å²) in [5.41, 5.74) is 1.51. The lowest BCUT2D eigenvalue weighted by molar-refractivity contribution is -0.114. The monoisotopic (exact) mass is 417 g/mol. The van der Waals surface area contributed by atoms with Crippen LogP contribution in [0.4, 0.5) is 11.4 Å². The van der Waals surface area contributed by atoms with Crippen LogP contribution in [0.15, 0.2) is 53.4 Å². The zero-order valence-electron chi connectivity index (χ0n) is 16.1. The maximum Gasteiger partial charge on any atom is 0.243 e. The number of ketones is 1. The average molecular weight is 417 g/mol. The third kappa shape index (κ3) is 5.20. The fraction of sp³-hybridized carbons (Fsp3) is 0.300. The van der Waals surface area contributed by atoms with Crippen LogP contribution in [0.2, 0.25) is 0 Å². The fourth-order valence-corrected chi connectivity index (χ4v) is 4.36. The lowest BCUT2D eigenvalue weighted by atomic mass is 10.1. The SMILES string of the molecule is CC(=O)c1ccccc1NC(=O)CNc1ccc(S(=O)(=O)N2CCOCC2)cc1. The van der Waals surface area contributed by atoms with E-state index < -0.39 is 10.0 Å². The van der Waals surface area contributed by atoms with E-state index in [1.165, 1.54) is 23.4 Å². The highest BCUT2D eigenvalue weighted by molar-refractivity contribution is 7.89. The van der Waals surface area contributed by atoms with Crippen molar-refractivity contribution in [3.8, 4) is 0 Å². The minimum Gasteiger partial charge on any atom is -0.379 e. The number of carbonyl (C=O) groups excluding carboxylic acids is 2. The molecule has 3 rings (SSSR count). The molecule has 0 aromatic heterocycles.